The number of rotatable bonds is 2. The third-order valence-corrected chi connectivity index (χ3v) is 3.77. The molecule has 0 aliphatic carbocycles. The quantitative estimate of drug-likeness (QED) is 0.912. The van der Waals surface area contributed by atoms with Gasteiger partial charge in [-0.05, 0) is 38.3 Å². The van der Waals surface area contributed by atoms with Crippen LogP contribution in [0.15, 0.2) is 30.7 Å². The lowest BCUT2D eigenvalue weighted by Crippen LogP contribution is -2.35. The molecule has 1 saturated heterocycles. The fraction of sp³-hybridized carbons (Fsp3) is 0.400. The van der Waals surface area contributed by atoms with E-state index >= 15 is 0 Å². The van der Waals surface area contributed by atoms with Crippen molar-refractivity contribution in [2.75, 3.05) is 0 Å². The van der Waals surface area contributed by atoms with Gasteiger partial charge in [-0.3, -0.25) is 0 Å². The maximum absolute atomic E-state index is 13.4. The highest BCUT2D eigenvalue weighted by Crippen LogP contribution is 2.27. The molecule has 0 saturated carbocycles. The second kappa shape index (κ2) is 5.32. The summed E-state index contributed by atoms with van der Waals surface area (Å²) >= 11 is 0. The highest BCUT2D eigenvalue weighted by atomic mass is 19.1. The number of imidazole rings is 1. The van der Waals surface area contributed by atoms with Crippen molar-refractivity contribution in [1.29, 1.82) is 0 Å². The predicted octanol–water partition coefficient (Wildman–Crippen LogP) is 3.35. The van der Waals surface area contributed by atoms with Crippen molar-refractivity contribution in [2.45, 2.75) is 38.3 Å². The molecule has 1 aliphatic rings. The first-order valence-electron chi connectivity index (χ1n) is 6.88. The van der Waals surface area contributed by atoms with Crippen molar-refractivity contribution in [3.8, 4) is 5.69 Å². The highest BCUT2D eigenvalue weighted by Gasteiger charge is 2.22. The molecule has 2 aromatic rings. The molecule has 3 rings (SSSR count). The summed E-state index contributed by atoms with van der Waals surface area (Å²) in [5.41, 5.74) is 1.41. The van der Waals surface area contributed by atoms with Crippen molar-refractivity contribution in [3.63, 3.8) is 0 Å². The maximum atomic E-state index is 13.4. The van der Waals surface area contributed by atoms with Gasteiger partial charge in [0.05, 0.1) is 23.9 Å². The monoisotopic (exact) mass is 277 g/mol. The standard InChI is InChI=1S/C15H17F2N3/c1-10-3-2-4-14(19-10)15-8-18-9-20(15)13-6-11(16)5-12(17)7-13/h5-10,14,19H,2-4H2,1H3. The van der Waals surface area contributed by atoms with Crippen LogP contribution >= 0.6 is 0 Å². The van der Waals surface area contributed by atoms with E-state index in [1.54, 1.807) is 17.1 Å². The molecule has 0 spiro atoms. The van der Waals surface area contributed by atoms with Crippen LogP contribution < -0.4 is 5.32 Å². The van der Waals surface area contributed by atoms with Gasteiger partial charge in [0.25, 0.3) is 0 Å². The summed E-state index contributed by atoms with van der Waals surface area (Å²) in [6.45, 7) is 2.15. The third kappa shape index (κ3) is 2.58. The molecule has 2 heterocycles. The average Bonchev–Trinajstić information content (AvgIpc) is 2.86. The van der Waals surface area contributed by atoms with E-state index in [1.807, 2.05) is 0 Å². The average molecular weight is 277 g/mol. The Hall–Kier alpha value is -1.75. The first-order valence-corrected chi connectivity index (χ1v) is 6.88. The zero-order valence-electron chi connectivity index (χ0n) is 11.3. The molecule has 1 aromatic heterocycles. The van der Waals surface area contributed by atoms with Crippen molar-refractivity contribution < 1.29 is 8.78 Å². The lowest BCUT2D eigenvalue weighted by Gasteiger charge is -2.29. The second-order valence-corrected chi connectivity index (χ2v) is 5.37. The summed E-state index contributed by atoms with van der Waals surface area (Å²) in [4.78, 5) is 4.14. The van der Waals surface area contributed by atoms with Crippen molar-refractivity contribution in [2.24, 2.45) is 0 Å². The van der Waals surface area contributed by atoms with Gasteiger partial charge in [0.15, 0.2) is 0 Å². The van der Waals surface area contributed by atoms with Crippen molar-refractivity contribution in [1.82, 2.24) is 14.9 Å². The van der Waals surface area contributed by atoms with Gasteiger partial charge < -0.3 is 9.88 Å². The molecule has 0 bridgehead atoms. The molecule has 1 aromatic carbocycles. The van der Waals surface area contributed by atoms with E-state index in [9.17, 15) is 8.78 Å². The summed E-state index contributed by atoms with van der Waals surface area (Å²) < 4.78 is 28.5. The maximum Gasteiger partial charge on any atom is 0.128 e. The Bertz CT molecular complexity index is 589. The van der Waals surface area contributed by atoms with Gasteiger partial charge >= 0.3 is 0 Å². The second-order valence-electron chi connectivity index (χ2n) is 5.37. The number of hydrogen-bond donors (Lipinski definition) is 1. The predicted molar refractivity (Wildman–Crippen MR) is 72.7 cm³/mol. The van der Waals surface area contributed by atoms with Crippen LogP contribution in [0.4, 0.5) is 8.78 Å². The molecule has 1 fully saturated rings. The zero-order chi connectivity index (χ0) is 14.1. The molecule has 20 heavy (non-hydrogen) atoms. The summed E-state index contributed by atoms with van der Waals surface area (Å²) in [6.07, 6.45) is 6.66. The SMILES string of the molecule is CC1CCCC(c2cncn2-c2cc(F)cc(F)c2)N1. The fourth-order valence-electron chi connectivity index (χ4n) is 2.83. The summed E-state index contributed by atoms with van der Waals surface area (Å²) in [6, 6.07) is 4.14. The topological polar surface area (TPSA) is 29.9 Å². The first-order chi connectivity index (χ1) is 9.63. The Labute approximate surface area is 116 Å². The van der Waals surface area contributed by atoms with Crippen LogP contribution in [0.25, 0.3) is 5.69 Å². The van der Waals surface area contributed by atoms with Gasteiger partial charge in [-0.1, -0.05) is 0 Å². The van der Waals surface area contributed by atoms with Crippen LogP contribution in [0.1, 0.15) is 37.9 Å². The Kier molecular flexibility index (Phi) is 3.53. The lowest BCUT2D eigenvalue weighted by molar-refractivity contribution is 0.334. The normalized spacial score (nSPS) is 22.9. The highest BCUT2D eigenvalue weighted by molar-refractivity contribution is 5.35. The molecule has 0 radical (unpaired) electrons. The lowest BCUT2D eigenvalue weighted by atomic mass is 9.97. The summed E-state index contributed by atoms with van der Waals surface area (Å²) in [5.74, 6) is -1.16. The third-order valence-electron chi connectivity index (χ3n) is 3.77. The number of nitrogens with zero attached hydrogens (tertiary/aromatic N) is 2. The van der Waals surface area contributed by atoms with E-state index in [0.29, 0.717) is 11.7 Å². The smallest absolute Gasteiger partial charge is 0.128 e. The first kappa shape index (κ1) is 13.2. The molecule has 2 unspecified atom stereocenters. The largest absolute Gasteiger partial charge is 0.306 e. The number of aromatic nitrogens is 2. The van der Waals surface area contributed by atoms with Gasteiger partial charge in [-0.25, -0.2) is 13.8 Å². The van der Waals surface area contributed by atoms with Crippen LogP contribution in [-0.2, 0) is 0 Å². The van der Waals surface area contributed by atoms with E-state index < -0.39 is 11.6 Å². The van der Waals surface area contributed by atoms with E-state index in [2.05, 4.69) is 17.2 Å². The van der Waals surface area contributed by atoms with E-state index in [-0.39, 0.29) is 6.04 Å². The number of hydrogen-bond acceptors (Lipinski definition) is 2. The summed E-state index contributed by atoms with van der Waals surface area (Å²) in [5, 5.41) is 3.51. The molecular formula is C15H17F2N3. The van der Waals surface area contributed by atoms with Gasteiger partial charge in [0.1, 0.15) is 11.6 Å². The van der Waals surface area contributed by atoms with Gasteiger partial charge in [-0.2, -0.15) is 0 Å². The molecule has 1 N–H and O–H groups in total. The minimum atomic E-state index is -0.579. The molecule has 0 amide bonds. The Morgan fingerprint density at radius 2 is 1.95 bits per heavy atom. The van der Waals surface area contributed by atoms with Crippen LogP contribution in [0.3, 0.4) is 0 Å². The van der Waals surface area contributed by atoms with Gasteiger partial charge in [-0.15, -0.1) is 0 Å². The van der Waals surface area contributed by atoms with Crippen LogP contribution in [0.5, 0.6) is 0 Å². The summed E-state index contributed by atoms with van der Waals surface area (Å²) in [7, 11) is 0. The molecule has 106 valence electrons. The van der Waals surface area contributed by atoms with Crippen molar-refractivity contribution in [3.05, 3.63) is 48.1 Å². The molecule has 2 atom stereocenters. The van der Waals surface area contributed by atoms with E-state index in [0.717, 1.165) is 31.0 Å². The van der Waals surface area contributed by atoms with Crippen LogP contribution in [-0.4, -0.2) is 15.6 Å². The Balaban J connectivity index is 1.97. The van der Waals surface area contributed by atoms with Crippen molar-refractivity contribution >= 4 is 0 Å². The van der Waals surface area contributed by atoms with E-state index in [4.69, 9.17) is 0 Å². The number of piperidine rings is 1. The number of halogens is 2. The molecular weight excluding hydrogens is 260 g/mol. The van der Waals surface area contributed by atoms with Gasteiger partial charge in [0.2, 0.25) is 0 Å². The fourth-order valence-corrected chi connectivity index (χ4v) is 2.83. The minimum absolute atomic E-state index is 0.174. The molecule has 5 heteroatoms. The zero-order valence-corrected chi connectivity index (χ0v) is 11.3. The van der Waals surface area contributed by atoms with Crippen LogP contribution in [0.2, 0.25) is 0 Å². The van der Waals surface area contributed by atoms with E-state index in [1.165, 1.54) is 12.1 Å². The number of benzene rings is 1. The number of nitrogens with one attached hydrogen (secondary N) is 1. The molecule has 3 nitrogen and oxygen atoms in total. The van der Waals surface area contributed by atoms with Gasteiger partial charge in [0, 0.05) is 18.2 Å². The Morgan fingerprint density at radius 3 is 2.65 bits per heavy atom. The minimum Gasteiger partial charge on any atom is -0.306 e. The van der Waals surface area contributed by atoms with Crippen LogP contribution in [0, 0.1) is 11.6 Å². The Morgan fingerprint density at radius 1 is 1.20 bits per heavy atom. The molecule has 1 aliphatic heterocycles.